The minimum absolute atomic E-state index is 0.183. The van der Waals surface area contributed by atoms with E-state index in [1.807, 2.05) is 0 Å². The van der Waals surface area contributed by atoms with E-state index in [9.17, 15) is 9.59 Å². The number of nitrogens with one attached hydrogen (secondary N) is 2. The molecule has 0 spiro atoms. The maximum atomic E-state index is 11.6. The van der Waals surface area contributed by atoms with Gasteiger partial charge in [-0.05, 0) is 31.5 Å². The summed E-state index contributed by atoms with van der Waals surface area (Å²) in [5.74, 6) is -0.471. The summed E-state index contributed by atoms with van der Waals surface area (Å²) in [6, 6.07) is 5.15. The molecule has 1 aromatic rings. The highest BCUT2D eigenvalue weighted by Gasteiger charge is 2.14. The van der Waals surface area contributed by atoms with Crippen LogP contribution in [-0.2, 0) is 4.79 Å². The second-order valence-electron chi connectivity index (χ2n) is 3.66. The smallest absolute Gasteiger partial charge is 0.251 e. The van der Waals surface area contributed by atoms with Gasteiger partial charge in [0.05, 0.1) is 0 Å². The summed E-state index contributed by atoms with van der Waals surface area (Å²) in [7, 11) is 1.56. The van der Waals surface area contributed by atoms with Crippen LogP contribution in [0.15, 0.2) is 18.2 Å². The van der Waals surface area contributed by atoms with E-state index in [0.717, 1.165) is 5.56 Å². The van der Waals surface area contributed by atoms with Crippen LogP contribution in [0, 0.1) is 6.92 Å². The molecule has 0 heterocycles. The molecular formula is C12H15ClN2O2. The van der Waals surface area contributed by atoms with E-state index < -0.39 is 5.38 Å². The van der Waals surface area contributed by atoms with Crippen molar-refractivity contribution in [1.29, 1.82) is 0 Å². The third-order valence-electron chi connectivity index (χ3n) is 2.42. The second kappa shape index (κ2) is 5.68. The number of amides is 2. The standard InChI is InChI=1S/C12H15ClN2O2/c1-7-9(12(17)14-3)5-4-6-10(7)15-11(16)8(2)13/h4-6,8H,1-3H3,(H,14,17)(H,15,16). The number of rotatable bonds is 3. The van der Waals surface area contributed by atoms with Crippen molar-refractivity contribution in [3.63, 3.8) is 0 Å². The summed E-state index contributed by atoms with van der Waals surface area (Å²) >= 11 is 5.67. The minimum Gasteiger partial charge on any atom is -0.355 e. The summed E-state index contributed by atoms with van der Waals surface area (Å²) in [5.41, 5.74) is 1.86. The highest BCUT2D eigenvalue weighted by Crippen LogP contribution is 2.19. The number of hydrogen-bond acceptors (Lipinski definition) is 2. The van der Waals surface area contributed by atoms with Crippen molar-refractivity contribution in [2.24, 2.45) is 0 Å². The first-order valence-electron chi connectivity index (χ1n) is 5.24. The molecule has 0 fully saturated rings. The second-order valence-corrected chi connectivity index (χ2v) is 4.32. The predicted molar refractivity (Wildman–Crippen MR) is 68.5 cm³/mol. The fraction of sp³-hybridized carbons (Fsp3) is 0.333. The molecule has 2 N–H and O–H groups in total. The number of alkyl halides is 1. The molecule has 0 bridgehead atoms. The van der Waals surface area contributed by atoms with E-state index >= 15 is 0 Å². The Bertz CT molecular complexity index is 444. The molecule has 1 rings (SSSR count). The van der Waals surface area contributed by atoms with Crippen molar-refractivity contribution in [2.75, 3.05) is 12.4 Å². The molecule has 0 aliphatic rings. The van der Waals surface area contributed by atoms with Crippen molar-refractivity contribution >= 4 is 29.1 Å². The molecule has 4 nitrogen and oxygen atoms in total. The van der Waals surface area contributed by atoms with Crippen LogP contribution in [0.2, 0.25) is 0 Å². The van der Waals surface area contributed by atoms with Gasteiger partial charge in [-0.1, -0.05) is 6.07 Å². The van der Waals surface area contributed by atoms with Gasteiger partial charge in [-0.3, -0.25) is 9.59 Å². The van der Waals surface area contributed by atoms with Crippen molar-refractivity contribution in [3.05, 3.63) is 29.3 Å². The Morgan fingerprint density at radius 3 is 2.53 bits per heavy atom. The van der Waals surface area contributed by atoms with Gasteiger partial charge in [-0.25, -0.2) is 0 Å². The number of carbonyl (C=O) groups excluding carboxylic acids is 2. The minimum atomic E-state index is -0.613. The fourth-order valence-electron chi connectivity index (χ4n) is 1.38. The third-order valence-corrected chi connectivity index (χ3v) is 2.62. The highest BCUT2D eigenvalue weighted by molar-refractivity contribution is 6.32. The normalized spacial score (nSPS) is 11.8. The summed E-state index contributed by atoms with van der Waals surface area (Å²) in [6.45, 7) is 3.37. The van der Waals surface area contributed by atoms with E-state index in [1.54, 1.807) is 39.1 Å². The molecule has 0 radical (unpaired) electrons. The zero-order valence-corrected chi connectivity index (χ0v) is 10.8. The maximum absolute atomic E-state index is 11.6. The van der Waals surface area contributed by atoms with Crippen LogP contribution in [0.5, 0.6) is 0 Å². The van der Waals surface area contributed by atoms with Gasteiger partial charge in [0.1, 0.15) is 5.38 Å². The molecule has 0 aliphatic carbocycles. The third kappa shape index (κ3) is 3.20. The molecule has 0 aromatic heterocycles. The van der Waals surface area contributed by atoms with Gasteiger partial charge < -0.3 is 10.6 Å². The average Bonchev–Trinajstić information content (AvgIpc) is 2.30. The average molecular weight is 255 g/mol. The van der Waals surface area contributed by atoms with Crippen LogP contribution in [0.3, 0.4) is 0 Å². The molecule has 0 saturated heterocycles. The lowest BCUT2D eigenvalue weighted by Crippen LogP contribution is -2.23. The molecule has 1 aromatic carbocycles. The number of anilines is 1. The molecule has 0 saturated carbocycles. The molecule has 1 unspecified atom stereocenters. The van der Waals surface area contributed by atoms with Crippen LogP contribution in [0.4, 0.5) is 5.69 Å². The summed E-state index contributed by atoms with van der Waals surface area (Å²) in [4.78, 5) is 23.0. The highest BCUT2D eigenvalue weighted by atomic mass is 35.5. The van der Waals surface area contributed by atoms with E-state index in [4.69, 9.17) is 11.6 Å². The number of carbonyl (C=O) groups is 2. The van der Waals surface area contributed by atoms with Gasteiger partial charge in [-0.2, -0.15) is 0 Å². The van der Waals surface area contributed by atoms with Crippen molar-refractivity contribution in [2.45, 2.75) is 19.2 Å². The van der Waals surface area contributed by atoms with Gasteiger partial charge in [0.2, 0.25) is 5.91 Å². The first-order chi connectivity index (χ1) is 7.97. The van der Waals surface area contributed by atoms with Crippen molar-refractivity contribution in [1.82, 2.24) is 5.32 Å². The lowest BCUT2D eigenvalue weighted by molar-refractivity contribution is -0.115. The Kier molecular flexibility index (Phi) is 4.52. The Labute approximate surface area is 105 Å². The van der Waals surface area contributed by atoms with Gasteiger partial charge in [0.15, 0.2) is 0 Å². The lowest BCUT2D eigenvalue weighted by atomic mass is 10.1. The van der Waals surface area contributed by atoms with Gasteiger partial charge in [0, 0.05) is 18.3 Å². The number of hydrogen-bond donors (Lipinski definition) is 2. The monoisotopic (exact) mass is 254 g/mol. The lowest BCUT2D eigenvalue weighted by Gasteiger charge is -2.12. The molecule has 1 atom stereocenters. The molecule has 5 heteroatoms. The van der Waals surface area contributed by atoms with Crippen LogP contribution >= 0.6 is 11.6 Å². The largest absolute Gasteiger partial charge is 0.355 e. The predicted octanol–water partition coefficient (Wildman–Crippen LogP) is 1.92. The van der Waals surface area contributed by atoms with Crippen LogP contribution < -0.4 is 10.6 Å². The number of benzene rings is 1. The van der Waals surface area contributed by atoms with Gasteiger partial charge >= 0.3 is 0 Å². The van der Waals surface area contributed by atoms with Gasteiger partial charge in [0.25, 0.3) is 5.91 Å². The Morgan fingerprint density at radius 1 is 1.35 bits per heavy atom. The molecule has 17 heavy (non-hydrogen) atoms. The first kappa shape index (κ1) is 13.5. The topological polar surface area (TPSA) is 58.2 Å². The zero-order chi connectivity index (χ0) is 13.0. The Hall–Kier alpha value is -1.55. The van der Waals surface area contributed by atoms with Gasteiger partial charge in [-0.15, -0.1) is 11.6 Å². The summed E-state index contributed by atoms with van der Waals surface area (Å²) in [6.07, 6.45) is 0. The zero-order valence-electron chi connectivity index (χ0n) is 10.0. The van der Waals surface area contributed by atoms with Crippen LogP contribution in [0.1, 0.15) is 22.8 Å². The number of halogens is 1. The summed E-state index contributed by atoms with van der Waals surface area (Å²) < 4.78 is 0. The Balaban J connectivity index is 3.02. The van der Waals surface area contributed by atoms with Crippen molar-refractivity contribution < 1.29 is 9.59 Å². The molecule has 92 valence electrons. The maximum Gasteiger partial charge on any atom is 0.251 e. The molecule has 2 amide bonds. The van der Waals surface area contributed by atoms with E-state index in [-0.39, 0.29) is 11.8 Å². The van der Waals surface area contributed by atoms with Crippen LogP contribution in [0.25, 0.3) is 0 Å². The quantitative estimate of drug-likeness (QED) is 0.810. The Morgan fingerprint density at radius 2 is 2.00 bits per heavy atom. The van der Waals surface area contributed by atoms with Crippen molar-refractivity contribution in [3.8, 4) is 0 Å². The molecular weight excluding hydrogens is 240 g/mol. The SMILES string of the molecule is CNC(=O)c1cccc(NC(=O)C(C)Cl)c1C. The van der Waals surface area contributed by atoms with E-state index in [0.29, 0.717) is 11.3 Å². The van der Waals surface area contributed by atoms with E-state index in [1.165, 1.54) is 0 Å². The molecule has 0 aliphatic heterocycles. The fourth-order valence-corrected chi connectivity index (χ4v) is 1.44. The first-order valence-corrected chi connectivity index (χ1v) is 5.67. The van der Waals surface area contributed by atoms with Crippen LogP contribution in [-0.4, -0.2) is 24.2 Å². The van der Waals surface area contributed by atoms with E-state index in [2.05, 4.69) is 10.6 Å². The summed E-state index contributed by atoms with van der Waals surface area (Å²) in [5, 5.41) is 4.61.